The summed E-state index contributed by atoms with van der Waals surface area (Å²) in [6, 6.07) is 1.57. The van der Waals surface area contributed by atoms with E-state index in [-0.39, 0.29) is 0 Å². The van der Waals surface area contributed by atoms with Crippen LogP contribution in [-0.4, -0.2) is 25.2 Å². The molecule has 2 fully saturated rings. The van der Waals surface area contributed by atoms with E-state index in [1.165, 1.54) is 70.9 Å². The van der Waals surface area contributed by atoms with Gasteiger partial charge in [0.15, 0.2) is 0 Å². The summed E-state index contributed by atoms with van der Waals surface area (Å²) in [5, 5.41) is 7.48. The molecule has 1 saturated carbocycles. The molecule has 2 rings (SSSR count). The second kappa shape index (κ2) is 7.38. The smallest absolute Gasteiger partial charge is 0.00952 e. The average molecular weight is 238 g/mol. The molecular formula is C15H30N2. The van der Waals surface area contributed by atoms with E-state index in [1.54, 1.807) is 0 Å². The van der Waals surface area contributed by atoms with Gasteiger partial charge in [-0.15, -0.1) is 0 Å². The standard InChI is InChI=1S/C15H30N2/c1-2-15(13-7-4-3-5-8-13)17-14-9-6-11-16-12-10-14/h13-17H,2-12H2,1H3. The maximum absolute atomic E-state index is 3.98. The van der Waals surface area contributed by atoms with E-state index in [0.29, 0.717) is 0 Å². The van der Waals surface area contributed by atoms with Crippen molar-refractivity contribution in [2.75, 3.05) is 13.1 Å². The van der Waals surface area contributed by atoms with Crippen molar-refractivity contribution in [3.8, 4) is 0 Å². The summed E-state index contributed by atoms with van der Waals surface area (Å²) in [5.41, 5.74) is 0. The zero-order chi connectivity index (χ0) is 11.9. The van der Waals surface area contributed by atoms with Crippen LogP contribution in [0.5, 0.6) is 0 Å². The molecule has 1 saturated heterocycles. The Balaban J connectivity index is 1.80. The summed E-state index contributed by atoms with van der Waals surface area (Å²) in [6.07, 6.45) is 12.7. The highest BCUT2D eigenvalue weighted by molar-refractivity contribution is 4.83. The lowest BCUT2D eigenvalue weighted by Gasteiger charge is -2.33. The van der Waals surface area contributed by atoms with Crippen molar-refractivity contribution in [2.24, 2.45) is 5.92 Å². The van der Waals surface area contributed by atoms with Crippen LogP contribution in [0, 0.1) is 5.92 Å². The van der Waals surface area contributed by atoms with E-state index in [2.05, 4.69) is 17.6 Å². The van der Waals surface area contributed by atoms with Crippen molar-refractivity contribution in [1.82, 2.24) is 10.6 Å². The van der Waals surface area contributed by atoms with Crippen LogP contribution in [-0.2, 0) is 0 Å². The van der Waals surface area contributed by atoms with E-state index < -0.39 is 0 Å². The van der Waals surface area contributed by atoms with Crippen LogP contribution >= 0.6 is 0 Å². The molecule has 1 aliphatic carbocycles. The van der Waals surface area contributed by atoms with Gasteiger partial charge < -0.3 is 10.6 Å². The molecule has 1 heterocycles. The van der Waals surface area contributed by atoms with Gasteiger partial charge in [-0.1, -0.05) is 26.2 Å². The largest absolute Gasteiger partial charge is 0.317 e. The summed E-state index contributed by atoms with van der Waals surface area (Å²) < 4.78 is 0. The van der Waals surface area contributed by atoms with Gasteiger partial charge in [0.1, 0.15) is 0 Å². The van der Waals surface area contributed by atoms with E-state index in [4.69, 9.17) is 0 Å². The van der Waals surface area contributed by atoms with Gasteiger partial charge >= 0.3 is 0 Å². The van der Waals surface area contributed by atoms with Gasteiger partial charge in [0.05, 0.1) is 0 Å². The minimum atomic E-state index is 0.775. The van der Waals surface area contributed by atoms with Crippen molar-refractivity contribution in [2.45, 2.75) is 76.8 Å². The summed E-state index contributed by atoms with van der Waals surface area (Å²) in [5.74, 6) is 0.963. The molecule has 17 heavy (non-hydrogen) atoms. The SMILES string of the molecule is CCC(NC1CCCNCC1)C1CCCCC1. The molecule has 0 aromatic rings. The molecule has 1 aliphatic heterocycles. The molecule has 0 amide bonds. The molecule has 0 aromatic carbocycles. The fraction of sp³-hybridized carbons (Fsp3) is 1.00. The average Bonchev–Trinajstić information content (AvgIpc) is 2.65. The molecule has 0 radical (unpaired) electrons. The molecule has 2 nitrogen and oxygen atoms in total. The molecule has 0 spiro atoms. The summed E-state index contributed by atoms with van der Waals surface area (Å²) in [7, 11) is 0. The van der Waals surface area contributed by atoms with E-state index >= 15 is 0 Å². The third-order valence-electron chi connectivity index (χ3n) is 4.68. The first kappa shape index (κ1) is 13.4. The van der Waals surface area contributed by atoms with Crippen molar-refractivity contribution in [3.05, 3.63) is 0 Å². The normalized spacial score (nSPS) is 29.8. The van der Waals surface area contributed by atoms with Gasteiger partial charge in [-0.25, -0.2) is 0 Å². The lowest BCUT2D eigenvalue weighted by atomic mass is 9.82. The second-order valence-corrected chi connectivity index (χ2v) is 5.96. The Hall–Kier alpha value is -0.0800. The summed E-state index contributed by atoms with van der Waals surface area (Å²) >= 11 is 0. The predicted molar refractivity (Wildman–Crippen MR) is 74.3 cm³/mol. The van der Waals surface area contributed by atoms with Crippen molar-refractivity contribution in [3.63, 3.8) is 0 Å². The summed E-state index contributed by atoms with van der Waals surface area (Å²) in [6.45, 7) is 4.79. The van der Waals surface area contributed by atoms with Gasteiger partial charge in [-0.3, -0.25) is 0 Å². The third-order valence-corrected chi connectivity index (χ3v) is 4.68. The molecule has 2 unspecified atom stereocenters. The van der Waals surface area contributed by atoms with E-state index in [1.807, 2.05) is 0 Å². The van der Waals surface area contributed by atoms with Crippen LogP contribution in [0.2, 0.25) is 0 Å². The van der Waals surface area contributed by atoms with Crippen LogP contribution in [0.25, 0.3) is 0 Å². The van der Waals surface area contributed by atoms with Gasteiger partial charge in [-0.2, -0.15) is 0 Å². The maximum atomic E-state index is 3.98. The predicted octanol–water partition coefficient (Wildman–Crippen LogP) is 3.08. The molecule has 100 valence electrons. The third kappa shape index (κ3) is 4.26. The molecule has 0 aromatic heterocycles. The van der Waals surface area contributed by atoms with Crippen LogP contribution in [0.15, 0.2) is 0 Å². The molecular weight excluding hydrogens is 208 g/mol. The highest BCUT2D eigenvalue weighted by Gasteiger charge is 2.24. The van der Waals surface area contributed by atoms with Crippen LogP contribution in [0.4, 0.5) is 0 Å². The van der Waals surface area contributed by atoms with E-state index in [0.717, 1.165) is 18.0 Å². The number of hydrogen-bond donors (Lipinski definition) is 2. The fourth-order valence-electron chi connectivity index (χ4n) is 3.61. The summed E-state index contributed by atoms with van der Waals surface area (Å²) in [4.78, 5) is 0. The Morgan fingerprint density at radius 3 is 2.59 bits per heavy atom. The number of hydrogen-bond acceptors (Lipinski definition) is 2. The second-order valence-electron chi connectivity index (χ2n) is 5.96. The topological polar surface area (TPSA) is 24.1 Å². The van der Waals surface area contributed by atoms with Gasteiger partial charge in [0.25, 0.3) is 0 Å². The Labute approximate surface area is 107 Å². The Morgan fingerprint density at radius 1 is 1.00 bits per heavy atom. The van der Waals surface area contributed by atoms with Crippen molar-refractivity contribution in [1.29, 1.82) is 0 Å². The van der Waals surface area contributed by atoms with Crippen molar-refractivity contribution < 1.29 is 0 Å². The number of nitrogens with one attached hydrogen (secondary N) is 2. The van der Waals surface area contributed by atoms with Gasteiger partial charge in [-0.05, 0) is 57.5 Å². The zero-order valence-corrected chi connectivity index (χ0v) is 11.5. The molecule has 2 heteroatoms. The lowest BCUT2D eigenvalue weighted by Crippen LogP contribution is -2.43. The van der Waals surface area contributed by atoms with Gasteiger partial charge in [0, 0.05) is 12.1 Å². The Kier molecular flexibility index (Phi) is 5.79. The van der Waals surface area contributed by atoms with Crippen LogP contribution in [0.1, 0.15) is 64.7 Å². The van der Waals surface area contributed by atoms with Crippen molar-refractivity contribution >= 4 is 0 Å². The molecule has 2 aliphatic rings. The first-order valence-electron chi connectivity index (χ1n) is 7.87. The lowest BCUT2D eigenvalue weighted by molar-refractivity contribution is 0.239. The van der Waals surface area contributed by atoms with Crippen LogP contribution < -0.4 is 10.6 Å². The highest BCUT2D eigenvalue weighted by Crippen LogP contribution is 2.28. The number of rotatable bonds is 4. The monoisotopic (exact) mass is 238 g/mol. The minimum absolute atomic E-state index is 0.775. The molecule has 2 N–H and O–H groups in total. The molecule has 0 bridgehead atoms. The zero-order valence-electron chi connectivity index (χ0n) is 11.5. The Morgan fingerprint density at radius 2 is 1.82 bits per heavy atom. The van der Waals surface area contributed by atoms with E-state index in [9.17, 15) is 0 Å². The fourth-order valence-corrected chi connectivity index (χ4v) is 3.61. The minimum Gasteiger partial charge on any atom is -0.317 e. The van der Waals surface area contributed by atoms with Gasteiger partial charge in [0.2, 0.25) is 0 Å². The first-order valence-corrected chi connectivity index (χ1v) is 7.87. The van der Waals surface area contributed by atoms with Crippen LogP contribution in [0.3, 0.4) is 0 Å². The molecule has 2 atom stereocenters. The maximum Gasteiger partial charge on any atom is 0.00952 e. The highest BCUT2D eigenvalue weighted by atomic mass is 15.0. The first-order chi connectivity index (χ1) is 8.40. The quantitative estimate of drug-likeness (QED) is 0.786. The Bertz CT molecular complexity index is 191.